The van der Waals surface area contributed by atoms with Crippen LogP contribution in [0.3, 0.4) is 0 Å². The number of ketones is 3. The van der Waals surface area contributed by atoms with Gasteiger partial charge in [-0.3, -0.25) is 14.4 Å². The van der Waals surface area contributed by atoms with E-state index in [1.165, 1.54) is 39.0 Å². The Hall–Kier alpha value is -2.37. The van der Waals surface area contributed by atoms with Gasteiger partial charge in [0.15, 0.2) is 17.3 Å². The minimum atomic E-state index is -1.22. The SMILES string of the molecule is CC(=O)/C=C(/C)OC(O/C(C)=C\C(C)=O)O/C(C)=C\C(C)=O. The van der Waals surface area contributed by atoms with Crippen LogP contribution in [0.5, 0.6) is 0 Å². The van der Waals surface area contributed by atoms with E-state index in [1.54, 1.807) is 20.8 Å². The quantitative estimate of drug-likeness (QED) is 0.370. The third-order valence-corrected chi connectivity index (χ3v) is 2.07. The molecular formula is C16H22O6. The lowest BCUT2D eigenvalue weighted by Crippen LogP contribution is -2.20. The zero-order valence-corrected chi connectivity index (χ0v) is 13.8. The van der Waals surface area contributed by atoms with Gasteiger partial charge in [0, 0.05) is 18.2 Å². The van der Waals surface area contributed by atoms with Gasteiger partial charge < -0.3 is 14.2 Å². The fourth-order valence-corrected chi connectivity index (χ4v) is 1.49. The van der Waals surface area contributed by atoms with Crippen molar-refractivity contribution in [1.82, 2.24) is 0 Å². The Labute approximate surface area is 130 Å². The Morgan fingerprint density at radius 3 is 1.00 bits per heavy atom. The van der Waals surface area contributed by atoms with E-state index in [0.717, 1.165) is 0 Å². The predicted octanol–water partition coefficient (Wildman–Crippen LogP) is 2.80. The summed E-state index contributed by atoms with van der Waals surface area (Å²) < 4.78 is 16.1. The first-order valence-electron chi connectivity index (χ1n) is 6.66. The lowest BCUT2D eigenvalue weighted by atomic mass is 10.4. The second kappa shape index (κ2) is 9.55. The van der Waals surface area contributed by atoms with Crippen molar-refractivity contribution in [2.75, 3.05) is 0 Å². The fourth-order valence-electron chi connectivity index (χ4n) is 1.49. The van der Waals surface area contributed by atoms with E-state index in [9.17, 15) is 14.4 Å². The fraction of sp³-hybridized carbons (Fsp3) is 0.438. The topological polar surface area (TPSA) is 78.9 Å². The van der Waals surface area contributed by atoms with Crippen molar-refractivity contribution >= 4 is 17.3 Å². The molecule has 0 aromatic carbocycles. The van der Waals surface area contributed by atoms with Crippen molar-refractivity contribution in [1.29, 1.82) is 0 Å². The molecule has 0 saturated heterocycles. The summed E-state index contributed by atoms with van der Waals surface area (Å²) in [5, 5.41) is 0. The van der Waals surface area contributed by atoms with Crippen LogP contribution in [0.4, 0.5) is 0 Å². The van der Waals surface area contributed by atoms with Gasteiger partial charge in [-0.05, 0) is 41.5 Å². The molecule has 6 heteroatoms. The third-order valence-electron chi connectivity index (χ3n) is 2.07. The Morgan fingerprint density at radius 1 is 0.591 bits per heavy atom. The summed E-state index contributed by atoms with van der Waals surface area (Å²) in [6.45, 7) is 7.61. The summed E-state index contributed by atoms with van der Waals surface area (Å²) >= 11 is 0. The zero-order chi connectivity index (χ0) is 17.3. The molecule has 0 fully saturated rings. The second-order valence-corrected chi connectivity index (χ2v) is 4.74. The zero-order valence-electron chi connectivity index (χ0n) is 13.8. The van der Waals surface area contributed by atoms with E-state index < -0.39 is 6.48 Å². The molecule has 0 aromatic heterocycles. The molecule has 122 valence electrons. The Morgan fingerprint density at radius 2 is 0.818 bits per heavy atom. The van der Waals surface area contributed by atoms with Gasteiger partial charge in [-0.1, -0.05) is 0 Å². The monoisotopic (exact) mass is 310 g/mol. The lowest BCUT2D eigenvalue weighted by molar-refractivity contribution is -0.234. The maximum Gasteiger partial charge on any atom is 0.405 e. The van der Waals surface area contributed by atoms with E-state index in [4.69, 9.17) is 14.2 Å². The molecule has 0 N–H and O–H groups in total. The van der Waals surface area contributed by atoms with E-state index >= 15 is 0 Å². The van der Waals surface area contributed by atoms with E-state index in [2.05, 4.69) is 0 Å². The Kier molecular flexibility index (Phi) is 8.52. The highest BCUT2D eigenvalue weighted by atomic mass is 16.8. The highest BCUT2D eigenvalue weighted by molar-refractivity contribution is 5.88. The van der Waals surface area contributed by atoms with E-state index in [0.29, 0.717) is 0 Å². The first-order valence-corrected chi connectivity index (χ1v) is 6.66. The standard InChI is InChI=1S/C16H22O6/c1-10(17)7-13(4)20-16(21-14(5)8-11(2)18)22-15(6)9-12(3)19/h7-9,16H,1-6H3/b13-7-,14-8-,15-9-. The van der Waals surface area contributed by atoms with Gasteiger partial charge in [-0.15, -0.1) is 0 Å². The molecule has 0 aliphatic rings. The third kappa shape index (κ3) is 10.4. The van der Waals surface area contributed by atoms with Crippen LogP contribution in [0.15, 0.2) is 35.5 Å². The highest BCUT2D eigenvalue weighted by Crippen LogP contribution is 2.14. The number of carbonyl (C=O) groups is 3. The van der Waals surface area contributed by atoms with Crippen LogP contribution >= 0.6 is 0 Å². The summed E-state index contributed by atoms with van der Waals surface area (Å²) in [5.74, 6) is 0.269. The predicted molar refractivity (Wildman–Crippen MR) is 80.4 cm³/mol. The second-order valence-electron chi connectivity index (χ2n) is 4.74. The molecule has 6 nitrogen and oxygen atoms in total. The van der Waals surface area contributed by atoms with Crippen LogP contribution in [0.2, 0.25) is 0 Å². The maximum absolute atomic E-state index is 11.0. The average molecular weight is 310 g/mol. The molecule has 0 aliphatic carbocycles. The molecule has 0 unspecified atom stereocenters. The van der Waals surface area contributed by atoms with Gasteiger partial charge in [0.25, 0.3) is 0 Å². The van der Waals surface area contributed by atoms with E-state index in [1.807, 2.05) is 0 Å². The molecule has 0 spiro atoms. The average Bonchev–Trinajstić information content (AvgIpc) is 2.23. The van der Waals surface area contributed by atoms with Crippen molar-refractivity contribution in [3.05, 3.63) is 35.5 Å². The maximum atomic E-state index is 11.0. The summed E-state index contributed by atoms with van der Waals surface area (Å²) in [4.78, 5) is 33.1. The van der Waals surface area contributed by atoms with Gasteiger partial charge in [0.1, 0.15) is 17.3 Å². The smallest absolute Gasteiger partial charge is 0.405 e. The minimum Gasteiger partial charge on any atom is -0.428 e. The first kappa shape index (κ1) is 19.6. The number of hydrogen-bond donors (Lipinski definition) is 0. The molecule has 0 atom stereocenters. The number of rotatable bonds is 9. The van der Waals surface area contributed by atoms with Gasteiger partial charge in [0.2, 0.25) is 0 Å². The number of carbonyl (C=O) groups excluding carboxylic acids is 3. The van der Waals surface area contributed by atoms with Crippen molar-refractivity contribution in [2.24, 2.45) is 0 Å². The number of ether oxygens (including phenoxy) is 3. The van der Waals surface area contributed by atoms with Crippen LogP contribution in [0.1, 0.15) is 41.5 Å². The van der Waals surface area contributed by atoms with Gasteiger partial charge in [0.05, 0.1) is 0 Å². The van der Waals surface area contributed by atoms with Gasteiger partial charge in [-0.2, -0.15) is 0 Å². The molecule has 0 bridgehead atoms. The van der Waals surface area contributed by atoms with Crippen LogP contribution in [-0.4, -0.2) is 23.8 Å². The van der Waals surface area contributed by atoms with E-state index in [-0.39, 0.29) is 34.6 Å². The number of allylic oxidation sites excluding steroid dienone is 6. The van der Waals surface area contributed by atoms with Crippen molar-refractivity contribution in [2.45, 2.75) is 48.0 Å². The molecule has 0 saturated carbocycles. The summed E-state index contributed by atoms with van der Waals surface area (Å²) in [6, 6.07) is 0. The summed E-state index contributed by atoms with van der Waals surface area (Å²) in [7, 11) is 0. The first-order chi connectivity index (χ1) is 10.1. The van der Waals surface area contributed by atoms with Crippen LogP contribution in [0, 0.1) is 0 Å². The highest BCUT2D eigenvalue weighted by Gasteiger charge is 2.15. The van der Waals surface area contributed by atoms with Crippen LogP contribution in [-0.2, 0) is 28.6 Å². The summed E-state index contributed by atoms with van der Waals surface area (Å²) in [6.07, 6.45) is 3.81. The van der Waals surface area contributed by atoms with Crippen LogP contribution in [0.25, 0.3) is 0 Å². The normalized spacial score (nSPS) is 13.0. The largest absolute Gasteiger partial charge is 0.428 e. The Balaban J connectivity index is 5.10. The molecular weight excluding hydrogens is 288 g/mol. The number of hydrogen-bond acceptors (Lipinski definition) is 6. The van der Waals surface area contributed by atoms with Gasteiger partial charge >= 0.3 is 6.48 Å². The van der Waals surface area contributed by atoms with Crippen molar-refractivity contribution in [3.8, 4) is 0 Å². The summed E-state index contributed by atoms with van der Waals surface area (Å²) in [5.41, 5.74) is 0. The molecule has 0 rings (SSSR count). The van der Waals surface area contributed by atoms with Gasteiger partial charge in [-0.25, -0.2) is 0 Å². The Bertz CT molecular complexity index is 449. The van der Waals surface area contributed by atoms with Crippen LogP contribution < -0.4 is 0 Å². The molecule has 0 aromatic rings. The molecule has 0 heterocycles. The molecule has 0 radical (unpaired) electrons. The molecule has 22 heavy (non-hydrogen) atoms. The van der Waals surface area contributed by atoms with Crippen molar-refractivity contribution in [3.63, 3.8) is 0 Å². The minimum absolute atomic E-state index is 0.191. The molecule has 0 aliphatic heterocycles. The lowest BCUT2D eigenvalue weighted by Gasteiger charge is -2.21. The molecule has 0 amide bonds. The van der Waals surface area contributed by atoms with Crippen molar-refractivity contribution < 1.29 is 28.6 Å².